The van der Waals surface area contributed by atoms with Gasteiger partial charge in [-0.2, -0.15) is 0 Å². The van der Waals surface area contributed by atoms with Crippen molar-refractivity contribution in [3.8, 4) is 12.3 Å². The van der Waals surface area contributed by atoms with Gasteiger partial charge in [0.05, 0.1) is 6.04 Å². The fourth-order valence-electron chi connectivity index (χ4n) is 2.36. The molecule has 0 bridgehead atoms. The van der Waals surface area contributed by atoms with Crippen LogP contribution in [-0.4, -0.2) is 6.04 Å². The number of nitrogens with two attached hydrogens (primary N) is 1. The van der Waals surface area contributed by atoms with Crippen LogP contribution in [0.1, 0.15) is 43.0 Å². The van der Waals surface area contributed by atoms with Crippen molar-refractivity contribution >= 4 is 0 Å². The van der Waals surface area contributed by atoms with E-state index >= 15 is 0 Å². The van der Waals surface area contributed by atoms with Gasteiger partial charge in [0.15, 0.2) is 0 Å². The standard InChI is InChI=1S/C14H18N2/c1-3-10(4-2)16-14-9-13(15)11-7-5-6-8-12(11)14/h1,5-8,10,13-14,16H,4,9,15H2,2H3. The van der Waals surface area contributed by atoms with Gasteiger partial charge in [-0.3, -0.25) is 5.32 Å². The highest BCUT2D eigenvalue weighted by molar-refractivity contribution is 5.37. The van der Waals surface area contributed by atoms with E-state index in [1.165, 1.54) is 11.1 Å². The Balaban J connectivity index is 2.18. The summed E-state index contributed by atoms with van der Waals surface area (Å²) in [5, 5.41) is 3.49. The van der Waals surface area contributed by atoms with Crippen LogP contribution in [0.2, 0.25) is 0 Å². The summed E-state index contributed by atoms with van der Waals surface area (Å²) in [5.74, 6) is 2.77. The zero-order chi connectivity index (χ0) is 11.5. The molecule has 0 saturated carbocycles. The second-order valence-electron chi connectivity index (χ2n) is 4.32. The maximum atomic E-state index is 6.10. The first kappa shape index (κ1) is 11.2. The molecule has 3 unspecified atom stereocenters. The average molecular weight is 214 g/mol. The fraction of sp³-hybridized carbons (Fsp3) is 0.429. The SMILES string of the molecule is C#CC(CC)NC1CC(N)c2ccccc21. The van der Waals surface area contributed by atoms with E-state index in [1.54, 1.807) is 0 Å². The molecule has 1 aliphatic rings. The molecule has 2 nitrogen and oxygen atoms in total. The van der Waals surface area contributed by atoms with E-state index < -0.39 is 0 Å². The molecule has 3 atom stereocenters. The average Bonchev–Trinajstić information content (AvgIpc) is 2.64. The number of hydrogen-bond acceptors (Lipinski definition) is 2. The van der Waals surface area contributed by atoms with Gasteiger partial charge in [-0.25, -0.2) is 0 Å². The lowest BCUT2D eigenvalue weighted by atomic mass is 10.1. The van der Waals surface area contributed by atoms with Gasteiger partial charge < -0.3 is 5.73 Å². The van der Waals surface area contributed by atoms with E-state index in [2.05, 4.69) is 36.4 Å². The van der Waals surface area contributed by atoms with Crippen LogP contribution >= 0.6 is 0 Å². The van der Waals surface area contributed by atoms with E-state index in [4.69, 9.17) is 12.2 Å². The molecular weight excluding hydrogens is 196 g/mol. The monoisotopic (exact) mass is 214 g/mol. The molecule has 0 aromatic heterocycles. The summed E-state index contributed by atoms with van der Waals surface area (Å²) in [6.45, 7) is 2.10. The molecule has 3 N–H and O–H groups in total. The van der Waals surface area contributed by atoms with Crippen molar-refractivity contribution in [2.24, 2.45) is 5.73 Å². The molecule has 0 heterocycles. The topological polar surface area (TPSA) is 38.0 Å². The van der Waals surface area contributed by atoms with E-state index in [0.29, 0.717) is 6.04 Å². The van der Waals surface area contributed by atoms with Crippen molar-refractivity contribution in [3.63, 3.8) is 0 Å². The van der Waals surface area contributed by atoms with E-state index in [-0.39, 0.29) is 12.1 Å². The van der Waals surface area contributed by atoms with Crippen molar-refractivity contribution in [1.29, 1.82) is 0 Å². The lowest BCUT2D eigenvalue weighted by molar-refractivity contribution is 0.460. The van der Waals surface area contributed by atoms with Gasteiger partial charge in [0, 0.05) is 12.1 Å². The van der Waals surface area contributed by atoms with Gasteiger partial charge in [-0.05, 0) is 24.0 Å². The summed E-state index contributed by atoms with van der Waals surface area (Å²) < 4.78 is 0. The van der Waals surface area contributed by atoms with E-state index in [9.17, 15) is 0 Å². The summed E-state index contributed by atoms with van der Waals surface area (Å²) in [5.41, 5.74) is 8.67. The molecule has 1 aromatic carbocycles. The lowest BCUT2D eigenvalue weighted by Gasteiger charge is -2.18. The lowest BCUT2D eigenvalue weighted by Crippen LogP contribution is -2.30. The van der Waals surface area contributed by atoms with Crippen LogP contribution in [-0.2, 0) is 0 Å². The highest BCUT2D eigenvalue weighted by Crippen LogP contribution is 2.37. The van der Waals surface area contributed by atoms with Crippen LogP contribution in [0, 0.1) is 12.3 Å². The Hall–Kier alpha value is -1.30. The summed E-state index contributed by atoms with van der Waals surface area (Å²) >= 11 is 0. The maximum Gasteiger partial charge on any atom is 0.0689 e. The minimum absolute atomic E-state index is 0.142. The van der Waals surface area contributed by atoms with Crippen LogP contribution in [0.15, 0.2) is 24.3 Å². The van der Waals surface area contributed by atoms with E-state index in [1.807, 2.05) is 6.07 Å². The molecule has 0 spiro atoms. The van der Waals surface area contributed by atoms with Gasteiger partial charge in [0.2, 0.25) is 0 Å². The number of fused-ring (bicyclic) bond motifs is 1. The Morgan fingerprint density at radius 1 is 1.50 bits per heavy atom. The van der Waals surface area contributed by atoms with E-state index in [0.717, 1.165) is 12.8 Å². The largest absolute Gasteiger partial charge is 0.324 e. The third kappa shape index (κ3) is 1.97. The summed E-state index contributed by atoms with van der Waals surface area (Å²) in [6.07, 6.45) is 7.36. The van der Waals surface area contributed by atoms with Crippen molar-refractivity contribution in [2.45, 2.75) is 37.9 Å². The van der Waals surface area contributed by atoms with Crippen LogP contribution < -0.4 is 11.1 Å². The first-order valence-corrected chi connectivity index (χ1v) is 5.82. The molecule has 0 amide bonds. The van der Waals surface area contributed by atoms with Gasteiger partial charge in [-0.15, -0.1) is 6.42 Å². The predicted octanol–water partition coefficient (Wildman–Crippen LogP) is 2.13. The Kier molecular flexibility index (Phi) is 3.28. The smallest absolute Gasteiger partial charge is 0.0689 e. The minimum Gasteiger partial charge on any atom is -0.324 e. The maximum absolute atomic E-state index is 6.10. The third-order valence-corrected chi connectivity index (χ3v) is 3.27. The number of benzene rings is 1. The zero-order valence-corrected chi connectivity index (χ0v) is 9.61. The summed E-state index contributed by atoms with van der Waals surface area (Å²) in [6, 6.07) is 8.95. The van der Waals surface area contributed by atoms with Crippen molar-refractivity contribution < 1.29 is 0 Å². The highest BCUT2D eigenvalue weighted by Gasteiger charge is 2.28. The van der Waals surface area contributed by atoms with Crippen LogP contribution in [0.4, 0.5) is 0 Å². The Labute approximate surface area is 97.2 Å². The Morgan fingerprint density at radius 3 is 2.81 bits per heavy atom. The minimum atomic E-state index is 0.142. The van der Waals surface area contributed by atoms with Crippen molar-refractivity contribution in [1.82, 2.24) is 5.32 Å². The second kappa shape index (κ2) is 4.69. The second-order valence-corrected chi connectivity index (χ2v) is 4.32. The number of hydrogen-bond donors (Lipinski definition) is 2. The van der Waals surface area contributed by atoms with Gasteiger partial charge >= 0.3 is 0 Å². The summed E-state index contributed by atoms with van der Waals surface area (Å²) in [4.78, 5) is 0. The normalized spacial score (nSPS) is 24.8. The quantitative estimate of drug-likeness (QED) is 0.756. The molecule has 2 rings (SSSR count). The van der Waals surface area contributed by atoms with Gasteiger partial charge in [0.25, 0.3) is 0 Å². The molecule has 84 valence electrons. The summed E-state index contributed by atoms with van der Waals surface area (Å²) in [7, 11) is 0. The van der Waals surface area contributed by atoms with Gasteiger partial charge in [-0.1, -0.05) is 37.1 Å². The highest BCUT2D eigenvalue weighted by atomic mass is 15.0. The predicted molar refractivity (Wildman–Crippen MR) is 66.8 cm³/mol. The third-order valence-electron chi connectivity index (χ3n) is 3.27. The molecule has 1 aromatic rings. The van der Waals surface area contributed by atoms with Crippen molar-refractivity contribution in [3.05, 3.63) is 35.4 Å². The molecular formula is C14H18N2. The molecule has 0 fully saturated rings. The first-order valence-electron chi connectivity index (χ1n) is 5.82. The number of nitrogens with one attached hydrogen (secondary N) is 1. The molecule has 0 saturated heterocycles. The van der Waals surface area contributed by atoms with Crippen molar-refractivity contribution in [2.75, 3.05) is 0 Å². The molecule has 1 aliphatic carbocycles. The van der Waals surface area contributed by atoms with Crippen LogP contribution in [0.3, 0.4) is 0 Å². The molecule has 16 heavy (non-hydrogen) atoms. The number of terminal acetylenes is 1. The molecule has 2 heteroatoms. The van der Waals surface area contributed by atoms with Gasteiger partial charge in [0.1, 0.15) is 0 Å². The zero-order valence-electron chi connectivity index (χ0n) is 9.61. The number of rotatable bonds is 3. The Bertz CT molecular complexity index is 405. The first-order chi connectivity index (χ1) is 7.76. The fourth-order valence-corrected chi connectivity index (χ4v) is 2.36. The van der Waals surface area contributed by atoms with Crippen LogP contribution in [0.25, 0.3) is 0 Å². The van der Waals surface area contributed by atoms with Crippen LogP contribution in [0.5, 0.6) is 0 Å². The Morgan fingerprint density at radius 2 is 2.19 bits per heavy atom. The molecule has 0 radical (unpaired) electrons. The molecule has 0 aliphatic heterocycles.